The Hall–Kier alpha value is -3.13. The zero-order valence-electron chi connectivity index (χ0n) is 14.9. The van der Waals surface area contributed by atoms with Crippen LogP contribution in [-0.4, -0.2) is 43.5 Å². The molecule has 0 atom stereocenters. The van der Waals surface area contributed by atoms with E-state index in [1.165, 1.54) is 13.2 Å². The van der Waals surface area contributed by atoms with Crippen LogP contribution >= 0.6 is 0 Å². The fraction of sp³-hybridized carbons (Fsp3) is 0.278. The van der Waals surface area contributed by atoms with Crippen molar-refractivity contribution >= 4 is 17.3 Å². The molecule has 0 aliphatic heterocycles. The second-order valence-corrected chi connectivity index (χ2v) is 5.67. The third kappa shape index (κ3) is 4.93. The van der Waals surface area contributed by atoms with Gasteiger partial charge in [0.25, 0.3) is 5.69 Å². The molecule has 0 aliphatic rings. The van der Waals surface area contributed by atoms with Gasteiger partial charge in [0.15, 0.2) is 0 Å². The third-order valence-corrected chi connectivity index (χ3v) is 3.72. The number of carbonyl (C=O) groups is 1. The molecule has 26 heavy (non-hydrogen) atoms. The van der Waals surface area contributed by atoms with Gasteiger partial charge >= 0.3 is 0 Å². The number of rotatable bonds is 8. The van der Waals surface area contributed by atoms with Crippen LogP contribution in [0.4, 0.5) is 11.4 Å². The summed E-state index contributed by atoms with van der Waals surface area (Å²) < 4.78 is 10.4. The summed E-state index contributed by atoms with van der Waals surface area (Å²) in [5.41, 5.74) is 1.11. The molecule has 0 unspecified atom stereocenters. The molecule has 8 heteroatoms. The van der Waals surface area contributed by atoms with Gasteiger partial charge in [0.2, 0.25) is 5.91 Å². The first-order chi connectivity index (χ1) is 12.4. The number of nitro groups is 1. The van der Waals surface area contributed by atoms with E-state index < -0.39 is 4.92 Å². The van der Waals surface area contributed by atoms with Crippen LogP contribution in [0.25, 0.3) is 0 Å². The number of methoxy groups -OCH3 is 2. The Morgan fingerprint density at radius 2 is 1.92 bits per heavy atom. The molecule has 0 aromatic heterocycles. The largest absolute Gasteiger partial charge is 0.497 e. The third-order valence-electron chi connectivity index (χ3n) is 3.72. The van der Waals surface area contributed by atoms with E-state index in [-0.39, 0.29) is 24.7 Å². The highest BCUT2D eigenvalue weighted by atomic mass is 16.6. The van der Waals surface area contributed by atoms with Gasteiger partial charge in [-0.2, -0.15) is 0 Å². The quantitative estimate of drug-likeness (QED) is 0.575. The number of nitro benzene ring substituents is 1. The molecule has 0 bridgehead atoms. The minimum Gasteiger partial charge on any atom is -0.497 e. The van der Waals surface area contributed by atoms with E-state index in [0.29, 0.717) is 22.7 Å². The number of likely N-dealkylation sites (N-methyl/N-ethyl adjacent to an activating group) is 1. The Balaban J connectivity index is 2.01. The Kier molecular flexibility index (Phi) is 6.51. The molecule has 0 aliphatic carbocycles. The number of benzene rings is 2. The number of amides is 1. The van der Waals surface area contributed by atoms with Crippen molar-refractivity contribution in [1.82, 2.24) is 4.90 Å². The molecule has 2 rings (SSSR count). The van der Waals surface area contributed by atoms with Crippen molar-refractivity contribution in [2.75, 3.05) is 33.1 Å². The van der Waals surface area contributed by atoms with Crippen LogP contribution in [0, 0.1) is 10.1 Å². The first-order valence-corrected chi connectivity index (χ1v) is 7.87. The number of para-hydroxylation sites is 1. The van der Waals surface area contributed by atoms with Gasteiger partial charge < -0.3 is 14.8 Å². The van der Waals surface area contributed by atoms with Gasteiger partial charge in [-0.15, -0.1) is 0 Å². The maximum absolute atomic E-state index is 12.3. The molecule has 8 nitrogen and oxygen atoms in total. The first-order valence-electron chi connectivity index (χ1n) is 7.87. The summed E-state index contributed by atoms with van der Waals surface area (Å²) in [4.78, 5) is 24.6. The molecule has 0 heterocycles. The van der Waals surface area contributed by atoms with Gasteiger partial charge in [0.05, 0.1) is 31.4 Å². The lowest BCUT2D eigenvalue weighted by atomic mass is 10.1. The summed E-state index contributed by atoms with van der Waals surface area (Å²) in [5.74, 6) is 0.849. The minimum atomic E-state index is -0.425. The smallest absolute Gasteiger partial charge is 0.273 e. The number of nitrogens with zero attached hydrogens (tertiary/aromatic N) is 2. The van der Waals surface area contributed by atoms with Gasteiger partial charge in [-0.1, -0.05) is 18.2 Å². The van der Waals surface area contributed by atoms with Crippen molar-refractivity contribution in [3.63, 3.8) is 0 Å². The van der Waals surface area contributed by atoms with E-state index in [4.69, 9.17) is 9.47 Å². The Morgan fingerprint density at radius 3 is 2.58 bits per heavy atom. The second-order valence-electron chi connectivity index (χ2n) is 5.67. The monoisotopic (exact) mass is 359 g/mol. The normalized spacial score (nSPS) is 10.5. The average molecular weight is 359 g/mol. The molecule has 2 aromatic carbocycles. The van der Waals surface area contributed by atoms with Crippen LogP contribution < -0.4 is 14.8 Å². The molecular weight excluding hydrogens is 338 g/mol. The van der Waals surface area contributed by atoms with Crippen LogP contribution in [0.1, 0.15) is 5.56 Å². The van der Waals surface area contributed by atoms with Crippen LogP contribution in [0.2, 0.25) is 0 Å². The number of hydrogen-bond donors (Lipinski definition) is 1. The van der Waals surface area contributed by atoms with Crippen molar-refractivity contribution in [3.05, 3.63) is 58.1 Å². The lowest BCUT2D eigenvalue weighted by Gasteiger charge is -2.17. The van der Waals surface area contributed by atoms with E-state index in [1.807, 2.05) is 0 Å². The molecule has 0 saturated heterocycles. The van der Waals surface area contributed by atoms with E-state index in [1.54, 1.807) is 55.5 Å². The molecule has 138 valence electrons. The van der Waals surface area contributed by atoms with Crippen molar-refractivity contribution in [2.24, 2.45) is 0 Å². The van der Waals surface area contributed by atoms with E-state index >= 15 is 0 Å². The second kappa shape index (κ2) is 8.82. The minimum absolute atomic E-state index is 0.0385. The van der Waals surface area contributed by atoms with Gasteiger partial charge in [-0.25, -0.2) is 0 Å². The van der Waals surface area contributed by atoms with Gasteiger partial charge in [-0.3, -0.25) is 19.8 Å². The van der Waals surface area contributed by atoms with E-state index in [9.17, 15) is 14.9 Å². The number of nitrogens with one attached hydrogen (secondary N) is 1. The van der Waals surface area contributed by atoms with E-state index in [2.05, 4.69) is 5.32 Å². The molecular formula is C18H21N3O5. The highest BCUT2D eigenvalue weighted by Gasteiger charge is 2.16. The number of anilines is 1. The number of ether oxygens (including phenoxy) is 2. The topological polar surface area (TPSA) is 93.9 Å². The summed E-state index contributed by atoms with van der Waals surface area (Å²) in [6, 6.07) is 11.6. The molecule has 1 N–H and O–H groups in total. The summed E-state index contributed by atoms with van der Waals surface area (Å²) in [6.07, 6.45) is 0. The summed E-state index contributed by atoms with van der Waals surface area (Å²) in [6.45, 7) is 0.353. The standard InChI is InChI=1S/C18H21N3O5/c1-20(11-13-6-4-5-7-16(13)21(23)24)12-18(22)19-15-9-8-14(25-2)10-17(15)26-3/h4-10H,11-12H2,1-3H3,(H,19,22). The number of carbonyl (C=O) groups excluding carboxylic acids is 1. The van der Waals surface area contributed by atoms with Gasteiger partial charge in [-0.05, 0) is 19.2 Å². The SMILES string of the molecule is COc1ccc(NC(=O)CN(C)Cc2ccccc2[N+](=O)[O-])c(OC)c1. The average Bonchev–Trinajstić information content (AvgIpc) is 2.62. The Bertz CT molecular complexity index is 794. The van der Waals surface area contributed by atoms with Crippen LogP contribution in [-0.2, 0) is 11.3 Å². The molecule has 0 radical (unpaired) electrons. The molecule has 0 fully saturated rings. The Labute approximate surface area is 151 Å². The highest BCUT2D eigenvalue weighted by molar-refractivity contribution is 5.93. The fourth-order valence-corrected chi connectivity index (χ4v) is 2.51. The summed E-state index contributed by atoms with van der Waals surface area (Å²) >= 11 is 0. The molecule has 1 amide bonds. The van der Waals surface area contributed by atoms with Crippen LogP contribution in [0.15, 0.2) is 42.5 Å². The fourth-order valence-electron chi connectivity index (χ4n) is 2.51. The maximum atomic E-state index is 12.3. The zero-order chi connectivity index (χ0) is 19.1. The lowest BCUT2D eigenvalue weighted by Crippen LogP contribution is -2.30. The van der Waals surface area contributed by atoms with Crippen LogP contribution in [0.3, 0.4) is 0 Å². The van der Waals surface area contributed by atoms with Crippen molar-refractivity contribution in [2.45, 2.75) is 6.54 Å². The molecule has 0 spiro atoms. The predicted octanol–water partition coefficient (Wildman–Crippen LogP) is 2.68. The van der Waals surface area contributed by atoms with Crippen LogP contribution in [0.5, 0.6) is 11.5 Å². The predicted molar refractivity (Wildman–Crippen MR) is 97.6 cm³/mol. The first kappa shape index (κ1) is 19.2. The lowest BCUT2D eigenvalue weighted by molar-refractivity contribution is -0.385. The van der Waals surface area contributed by atoms with Crippen molar-refractivity contribution in [3.8, 4) is 11.5 Å². The summed E-state index contributed by atoms with van der Waals surface area (Å²) in [7, 11) is 4.78. The van der Waals surface area contributed by atoms with Gasteiger partial charge in [0, 0.05) is 24.2 Å². The Morgan fingerprint density at radius 1 is 1.19 bits per heavy atom. The van der Waals surface area contributed by atoms with Crippen molar-refractivity contribution < 1.29 is 19.2 Å². The molecule has 2 aromatic rings. The van der Waals surface area contributed by atoms with E-state index in [0.717, 1.165) is 0 Å². The number of hydrogen-bond acceptors (Lipinski definition) is 6. The summed E-state index contributed by atoms with van der Waals surface area (Å²) in [5, 5.41) is 13.8. The maximum Gasteiger partial charge on any atom is 0.273 e. The van der Waals surface area contributed by atoms with Crippen molar-refractivity contribution in [1.29, 1.82) is 0 Å². The van der Waals surface area contributed by atoms with Gasteiger partial charge in [0.1, 0.15) is 11.5 Å². The zero-order valence-corrected chi connectivity index (χ0v) is 14.9. The highest BCUT2D eigenvalue weighted by Crippen LogP contribution is 2.29. The molecule has 0 saturated carbocycles.